The second kappa shape index (κ2) is 5.29. The first-order valence-corrected chi connectivity index (χ1v) is 4.99. The summed E-state index contributed by atoms with van der Waals surface area (Å²) in [6, 6.07) is 0. The summed E-state index contributed by atoms with van der Waals surface area (Å²) in [4.78, 5) is 4.01. The zero-order chi connectivity index (χ0) is 12.2. The van der Waals surface area contributed by atoms with Gasteiger partial charge in [-0.3, -0.25) is 4.68 Å². The Bertz CT molecular complexity index is 321. The summed E-state index contributed by atoms with van der Waals surface area (Å²) >= 11 is 0. The number of nitrogens with zero attached hydrogens (tertiary/aromatic N) is 3. The van der Waals surface area contributed by atoms with Gasteiger partial charge in [-0.05, 0) is 12.5 Å². The van der Waals surface area contributed by atoms with Crippen molar-refractivity contribution in [1.82, 2.24) is 20.1 Å². The van der Waals surface area contributed by atoms with Crippen LogP contribution in [0.5, 0.6) is 0 Å². The Morgan fingerprint density at radius 2 is 2.19 bits per heavy atom. The molecule has 0 radical (unpaired) electrons. The van der Waals surface area contributed by atoms with Crippen LogP contribution in [-0.2, 0) is 13.5 Å². The van der Waals surface area contributed by atoms with Crippen molar-refractivity contribution in [3.63, 3.8) is 0 Å². The lowest BCUT2D eigenvalue weighted by molar-refractivity contribution is -0.125. The molecule has 1 unspecified atom stereocenters. The zero-order valence-electron chi connectivity index (χ0n) is 9.25. The number of alkyl halides is 3. The predicted octanol–water partition coefficient (Wildman–Crippen LogP) is 1.15. The van der Waals surface area contributed by atoms with Crippen molar-refractivity contribution in [3.8, 4) is 0 Å². The van der Waals surface area contributed by atoms with Gasteiger partial charge in [0.2, 0.25) is 0 Å². The second-order valence-electron chi connectivity index (χ2n) is 3.86. The number of halogens is 3. The summed E-state index contributed by atoms with van der Waals surface area (Å²) in [5.74, 6) is 0.867. The van der Waals surface area contributed by atoms with Gasteiger partial charge in [0, 0.05) is 13.5 Å². The highest BCUT2D eigenvalue weighted by Gasteiger charge is 2.26. The summed E-state index contributed by atoms with van der Waals surface area (Å²) in [6.45, 7) is 1.24. The molecule has 1 rings (SSSR count). The van der Waals surface area contributed by atoms with Crippen LogP contribution in [0, 0.1) is 5.92 Å². The molecule has 0 aliphatic carbocycles. The molecule has 1 heterocycles. The van der Waals surface area contributed by atoms with Gasteiger partial charge in [-0.1, -0.05) is 6.92 Å². The third-order valence-corrected chi connectivity index (χ3v) is 2.15. The summed E-state index contributed by atoms with van der Waals surface area (Å²) < 4.78 is 37.2. The van der Waals surface area contributed by atoms with E-state index in [0.717, 1.165) is 5.82 Å². The Balaban J connectivity index is 2.26. The molecular formula is C9H15F3N4. The summed E-state index contributed by atoms with van der Waals surface area (Å²) in [6.07, 6.45) is -2.10. The minimum Gasteiger partial charge on any atom is -0.308 e. The van der Waals surface area contributed by atoms with E-state index >= 15 is 0 Å². The SMILES string of the molecule is CC(CNCC(F)(F)F)Cc1ncnn1C. The number of rotatable bonds is 5. The molecular weight excluding hydrogens is 221 g/mol. The number of hydrogen-bond donors (Lipinski definition) is 1. The monoisotopic (exact) mass is 236 g/mol. The van der Waals surface area contributed by atoms with Gasteiger partial charge in [0.1, 0.15) is 12.2 Å². The molecule has 1 N–H and O–H groups in total. The molecule has 7 heteroatoms. The fourth-order valence-corrected chi connectivity index (χ4v) is 1.35. The van der Waals surface area contributed by atoms with E-state index in [9.17, 15) is 13.2 Å². The van der Waals surface area contributed by atoms with Gasteiger partial charge in [-0.25, -0.2) is 4.98 Å². The van der Waals surface area contributed by atoms with Gasteiger partial charge in [0.05, 0.1) is 6.54 Å². The van der Waals surface area contributed by atoms with Crippen LogP contribution in [0.15, 0.2) is 6.33 Å². The van der Waals surface area contributed by atoms with Crippen LogP contribution in [0.25, 0.3) is 0 Å². The van der Waals surface area contributed by atoms with E-state index in [1.807, 2.05) is 6.92 Å². The first-order valence-electron chi connectivity index (χ1n) is 4.99. The Morgan fingerprint density at radius 1 is 1.50 bits per heavy atom. The van der Waals surface area contributed by atoms with Crippen LogP contribution in [0.3, 0.4) is 0 Å². The minimum absolute atomic E-state index is 0.0882. The van der Waals surface area contributed by atoms with E-state index in [4.69, 9.17) is 0 Å². The van der Waals surface area contributed by atoms with E-state index in [1.54, 1.807) is 11.7 Å². The van der Waals surface area contributed by atoms with Crippen molar-refractivity contribution < 1.29 is 13.2 Å². The summed E-state index contributed by atoms with van der Waals surface area (Å²) in [5, 5.41) is 6.27. The third-order valence-electron chi connectivity index (χ3n) is 2.15. The zero-order valence-corrected chi connectivity index (χ0v) is 9.25. The maximum Gasteiger partial charge on any atom is 0.401 e. The van der Waals surface area contributed by atoms with Gasteiger partial charge in [-0.2, -0.15) is 18.3 Å². The summed E-state index contributed by atoms with van der Waals surface area (Å²) in [7, 11) is 1.76. The van der Waals surface area contributed by atoms with E-state index in [2.05, 4.69) is 15.4 Å². The molecule has 0 bridgehead atoms. The van der Waals surface area contributed by atoms with Gasteiger partial charge < -0.3 is 5.32 Å². The minimum atomic E-state index is -4.15. The number of hydrogen-bond acceptors (Lipinski definition) is 3. The van der Waals surface area contributed by atoms with E-state index in [1.165, 1.54) is 6.33 Å². The molecule has 4 nitrogen and oxygen atoms in total. The Hall–Kier alpha value is -1.11. The molecule has 0 saturated heterocycles. The van der Waals surface area contributed by atoms with Crippen molar-refractivity contribution in [1.29, 1.82) is 0 Å². The molecule has 16 heavy (non-hydrogen) atoms. The second-order valence-corrected chi connectivity index (χ2v) is 3.86. The smallest absolute Gasteiger partial charge is 0.308 e. The van der Waals surface area contributed by atoms with Crippen LogP contribution < -0.4 is 5.32 Å². The number of aromatic nitrogens is 3. The van der Waals surface area contributed by atoms with Gasteiger partial charge in [0.15, 0.2) is 0 Å². The van der Waals surface area contributed by atoms with E-state index < -0.39 is 12.7 Å². The molecule has 0 saturated carbocycles. The molecule has 0 aromatic carbocycles. The summed E-state index contributed by atoms with van der Waals surface area (Å²) in [5.41, 5.74) is 0. The van der Waals surface area contributed by atoms with Gasteiger partial charge in [0.25, 0.3) is 0 Å². The largest absolute Gasteiger partial charge is 0.401 e. The Morgan fingerprint density at radius 3 is 2.69 bits per heavy atom. The quantitative estimate of drug-likeness (QED) is 0.833. The Labute approximate surface area is 91.9 Å². The van der Waals surface area contributed by atoms with E-state index in [-0.39, 0.29) is 5.92 Å². The molecule has 0 fully saturated rings. The molecule has 0 aliphatic heterocycles. The molecule has 1 atom stereocenters. The van der Waals surface area contributed by atoms with Crippen molar-refractivity contribution in [3.05, 3.63) is 12.2 Å². The molecule has 1 aromatic heterocycles. The van der Waals surface area contributed by atoms with Crippen molar-refractivity contribution in [2.75, 3.05) is 13.1 Å². The fraction of sp³-hybridized carbons (Fsp3) is 0.778. The lowest BCUT2D eigenvalue weighted by Gasteiger charge is -2.13. The average molecular weight is 236 g/mol. The van der Waals surface area contributed by atoms with Crippen LogP contribution in [0.4, 0.5) is 13.2 Å². The lowest BCUT2D eigenvalue weighted by atomic mass is 10.1. The van der Waals surface area contributed by atoms with Crippen molar-refractivity contribution in [2.24, 2.45) is 13.0 Å². The van der Waals surface area contributed by atoms with Crippen LogP contribution in [0.1, 0.15) is 12.7 Å². The van der Waals surface area contributed by atoms with Crippen LogP contribution in [0.2, 0.25) is 0 Å². The van der Waals surface area contributed by atoms with Gasteiger partial charge >= 0.3 is 6.18 Å². The first-order chi connectivity index (χ1) is 7.38. The molecule has 0 amide bonds. The maximum absolute atomic E-state index is 11.9. The highest BCUT2D eigenvalue weighted by atomic mass is 19.4. The lowest BCUT2D eigenvalue weighted by Crippen LogP contribution is -2.32. The average Bonchev–Trinajstić information content (AvgIpc) is 2.49. The third kappa shape index (κ3) is 4.61. The van der Waals surface area contributed by atoms with Crippen LogP contribution >= 0.6 is 0 Å². The highest BCUT2D eigenvalue weighted by molar-refractivity contribution is 4.85. The first kappa shape index (κ1) is 13.0. The number of aryl methyl sites for hydroxylation is 1. The number of nitrogens with one attached hydrogen (secondary N) is 1. The van der Waals surface area contributed by atoms with Crippen molar-refractivity contribution in [2.45, 2.75) is 19.5 Å². The molecule has 0 aliphatic rings. The van der Waals surface area contributed by atoms with E-state index in [0.29, 0.717) is 13.0 Å². The highest BCUT2D eigenvalue weighted by Crippen LogP contribution is 2.12. The van der Waals surface area contributed by atoms with Gasteiger partial charge in [-0.15, -0.1) is 0 Å². The topological polar surface area (TPSA) is 42.7 Å². The molecule has 92 valence electrons. The molecule has 0 spiro atoms. The predicted molar refractivity (Wildman–Crippen MR) is 52.8 cm³/mol. The standard InChI is InChI=1S/C9H15F3N4/c1-7(4-13-5-9(10,11)12)3-8-14-6-15-16(8)2/h6-7,13H,3-5H2,1-2H3. The molecule has 1 aromatic rings. The van der Waals surface area contributed by atoms with Crippen molar-refractivity contribution >= 4 is 0 Å². The van der Waals surface area contributed by atoms with Crippen LogP contribution in [-0.4, -0.2) is 34.0 Å². The fourth-order valence-electron chi connectivity index (χ4n) is 1.35. The normalized spacial score (nSPS) is 14.1. The Kier molecular flexibility index (Phi) is 4.28. The maximum atomic E-state index is 11.9.